The smallest absolute Gasteiger partial charge is 0.0546 e. The topological polar surface area (TPSA) is 3.24 Å². The molecule has 0 radical (unpaired) electrons. The van der Waals surface area contributed by atoms with Gasteiger partial charge in [0.05, 0.1) is 11.4 Å². The zero-order chi connectivity index (χ0) is 39.1. The van der Waals surface area contributed by atoms with Gasteiger partial charge in [-0.05, 0) is 91.0 Å². The second-order valence-corrected chi connectivity index (χ2v) is 15.7. The van der Waals surface area contributed by atoms with E-state index in [2.05, 4.69) is 243 Å². The molecular weight excluding hydrogens is 699 g/mol. The van der Waals surface area contributed by atoms with Crippen LogP contribution in [0.4, 0.5) is 17.1 Å². The third-order valence-corrected chi connectivity index (χ3v) is 11.9. The summed E-state index contributed by atoms with van der Waals surface area (Å²) in [6.07, 6.45) is 0. The Labute approximate surface area is 342 Å². The van der Waals surface area contributed by atoms with Crippen molar-refractivity contribution in [3.8, 4) is 66.8 Å². The molecule has 1 nitrogen and oxygen atoms in total. The molecule has 9 aromatic rings. The average molecular weight is 742 g/mol. The van der Waals surface area contributed by atoms with Crippen LogP contribution in [0.25, 0.3) is 66.8 Å². The van der Waals surface area contributed by atoms with E-state index in [4.69, 9.17) is 0 Å². The lowest BCUT2D eigenvalue weighted by Gasteiger charge is -2.32. The number of anilines is 3. The number of fused-ring (bicyclic) bond motifs is 3. The highest BCUT2D eigenvalue weighted by Crippen LogP contribution is 2.56. The Bertz CT molecular complexity index is 2870. The monoisotopic (exact) mass is 741 g/mol. The van der Waals surface area contributed by atoms with Crippen molar-refractivity contribution in [1.29, 1.82) is 0 Å². The fourth-order valence-electron chi connectivity index (χ4n) is 9.06. The van der Waals surface area contributed by atoms with E-state index in [0.29, 0.717) is 0 Å². The highest BCUT2D eigenvalue weighted by atomic mass is 15.1. The van der Waals surface area contributed by atoms with Crippen molar-refractivity contribution in [3.05, 3.63) is 236 Å². The fraction of sp³-hybridized carbons (Fsp3) is 0.0526. The predicted octanol–water partition coefficient (Wildman–Crippen LogP) is 15.8. The van der Waals surface area contributed by atoms with E-state index in [9.17, 15) is 0 Å². The molecule has 1 heteroatoms. The van der Waals surface area contributed by atoms with Gasteiger partial charge in [-0.15, -0.1) is 0 Å². The third-order valence-electron chi connectivity index (χ3n) is 11.9. The molecule has 0 spiro atoms. The van der Waals surface area contributed by atoms with Crippen molar-refractivity contribution < 1.29 is 0 Å². The average Bonchev–Trinajstić information content (AvgIpc) is 3.54. The summed E-state index contributed by atoms with van der Waals surface area (Å²) >= 11 is 0. The Kier molecular flexibility index (Phi) is 8.92. The third kappa shape index (κ3) is 6.13. The second kappa shape index (κ2) is 14.7. The standard InChI is InChI=1S/C57H43N/c1-57(2)51-28-15-14-26-50(51)56-52(57)29-17-31-54(56)58(46-38-36-43(37-39-46)42-34-32-41(33-35-42)40-18-6-3-7-19-40)53-30-16-27-48(45-22-10-5-11-23-45)55(53)49-25-13-12-24-47(49)44-20-8-4-9-21-44/h3-39H,1-2H3. The van der Waals surface area contributed by atoms with Crippen molar-refractivity contribution in [2.75, 3.05) is 4.90 Å². The van der Waals surface area contributed by atoms with Gasteiger partial charge in [-0.2, -0.15) is 0 Å². The first kappa shape index (κ1) is 35.2. The van der Waals surface area contributed by atoms with E-state index in [0.717, 1.165) is 11.4 Å². The van der Waals surface area contributed by atoms with Crippen LogP contribution >= 0.6 is 0 Å². The number of benzene rings is 9. The van der Waals surface area contributed by atoms with Gasteiger partial charge in [0.15, 0.2) is 0 Å². The molecule has 0 amide bonds. The number of hydrogen-bond acceptors (Lipinski definition) is 1. The molecule has 1 aliphatic rings. The Morgan fingerprint density at radius 1 is 0.276 bits per heavy atom. The summed E-state index contributed by atoms with van der Waals surface area (Å²) in [5.41, 5.74) is 20.5. The summed E-state index contributed by atoms with van der Waals surface area (Å²) in [5.74, 6) is 0. The van der Waals surface area contributed by atoms with Crippen LogP contribution in [0, 0.1) is 0 Å². The SMILES string of the molecule is CC1(C)c2ccccc2-c2c(N(c3ccc(-c4ccc(-c5ccccc5)cc4)cc3)c3cccc(-c4ccccc4)c3-c3ccccc3-c3ccccc3)cccc21. The minimum atomic E-state index is -0.141. The van der Waals surface area contributed by atoms with Crippen molar-refractivity contribution in [2.45, 2.75) is 19.3 Å². The van der Waals surface area contributed by atoms with Crippen molar-refractivity contribution in [3.63, 3.8) is 0 Å². The molecule has 276 valence electrons. The number of nitrogens with zero attached hydrogens (tertiary/aromatic N) is 1. The summed E-state index contributed by atoms with van der Waals surface area (Å²) in [6.45, 7) is 4.72. The molecule has 1 aliphatic carbocycles. The first-order valence-corrected chi connectivity index (χ1v) is 20.2. The Balaban J connectivity index is 1.22. The lowest BCUT2D eigenvalue weighted by Crippen LogP contribution is -2.16. The second-order valence-electron chi connectivity index (χ2n) is 15.7. The van der Waals surface area contributed by atoms with Crippen LogP contribution in [0.15, 0.2) is 224 Å². The first-order valence-electron chi connectivity index (χ1n) is 20.2. The lowest BCUT2D eigenvalue weighted by atomic mass is 9.82. The van der Waals surface area contributed by atoms with Crippen LogP contribution in [-0.4, -0.2) is 0 Å². The van der Waals surface area contributed by atoms with E-state index in [1.807, 2.05) is 0 Å². The Morgan fingerprint density at radius 2 is 0.672 bits per heavy atom. The minimum absolute atomic E-state index is 0.141. The molecule has 0 atom stereocenters. The van der Waals surface area contributed by atoms with E-state index in [1.54, 1.807) is 0 Å². The van der Waals surface area contributed by atoms with Gasteiger partial charge in [0.1, 0.15) is 0 Å². The van der Waals surface area contributed by atoms with Gasteiger partial charge in [-0.1, -0.05) is 214 Å². The summed E-state index contributed by atoms with van der Waals surface area (Å²) < 4.78 is 0. The highest BCUT2D eigenvalue weighted by Gasteiger charge is 2.38. The van der Waals surface area contributed by atoms with E-state index in [1.165, 1.54) is 83.6 Å². The predicted molar refractivity (Wildman–Crippen MR) is 246 cm³/mol. The molecule has 0 aliphatic heterocycles. The molecule has 0 saturated carbocycles. The zero-order valence-electron chi connectivity index (χ0n) is 32.8. The van der Waals surface area contributed by atoms with Gasteiger partial charge < -0.3 is 4.90 Å². The molecular formula is C57H43N. The van der Waals surface area contributed by atoms with E-state index >= 15 is 0 Å². The minimum Gasteiger partial charge on any atom is -0.309 e. The zero-order valence-corrected chi connectivity index (χ0v) is 32.8. The van der Waals surface area contributed by atoms with Crippen molar-refractivity contribution >= 4 is 17.1 Å². The van der Waals surface area contributed by atoms with Gasteiger partial charge in [-0.25, -0.2) is 0 Å². The maximum Gasteiger partial charge on any atom is 0.0546 e. The van der Waals surface area contributed by atoms with Crippen LogP contribution in [0.2, 0.25) is 0 Å². The highest BCUT2D eigenvalue weighted by molar-refractivity contribution is 6.03. The molecule has 58 heavy (non-hydrogen) atoms. The van der Waals surface area contributed by atoms with E-state index < -0.39 is 0 Å². The Morgan fingerprint density at radius 3 is 1.28 bits per heavy atom. The maximum absolute atomic E-state index is 2.52. The van der Waals surface area contributed by atoms with Crippen LogP contribution in [0.1, 0.15) is 25.0 Å². The summed E-state index contributed by atoms with van der Waals surface area (Å²) in [5, 5.41) is 0. The van der Waals surface area contributed by atoms with Crippen LogP contribution in [0.5, 0.6) is 0 Å². The van der Waals surface area contributed by atoms with E-state index in [-0.39, 0.29) is 5.41 Å². The molecule has 0 bridgehead atoms. The van der Waals surface area contributed by atoms with Crippen LogP contribution < -0.4 is 4.90 Å². The number of rotatable bonds is 8. The summed E-state index contributed by atoms with van der Waals surface area (Å²) in [7, 11) is 0. The van der Waals surface area contributed by atoms with Gasteiger partial charge >= 0.3 is 0 Å². The normalized spacial score (nSPS) is 12.4. The molecule has 0 N–H and O–H groups in total. The molecule has 0 aromatic heterocycles. The van der Waals surface area contributed by atoms with Gasteiger partial charge in [0, 0.05) is 22.2 Å². The molecule has 9 aromatic carbocycles. The molecule has 10 rings (SSSR count). The van der Waals surface area contributed by atoms with Crippen LogP contribution in [0.3, 0.4) is 0 Å². The largest absolute Gasteiger partial charge is 0.309 e. The molecule has 0 unspecified atom stereocenters. The number of hydrogen-bond donors (Lipinski definition) is 0. The first-order chi connectivity index (χ1) is 28.6. The van der Waals surface area contributed by atoms with Crippen LogP contribution in [-0.2, 0) is 5.41 Å². The fourth-order valence-corrected chi connectivity index (χ4v) is 9.06. The Hall–Kier alpha value is -7.22. The maximum atomic E-state index is 2.52. The lowest BCUT2D eigenvalue weighted by molar-refractivity contribution is 0.660. The molecule has 0 saturated heterocycles. The summed E-state index contributed by atoms with van der Waals surface area (Å²) in [6, 6.07) is 81.8. The van der Waals surface area contributed by atoms with Gasteiger partial charge in [0.25, 0.3) is 0 Å². The summed E-state index contributed by atoms with van der Waals surface area (Å²) in [4.78, 5) is 2.52. The molecule has 0 heterocycles. The van der Waals surface area contributed by atoms with Gasteiger partial charge in [0.2, 0.25) is 0 Å². The molecule has 0 fully saturated rings. The van der Waals surface area contributed by atoms with Crippen molar-refractivity contribution in [1.82, 2.24) is 0 Å². The quantitative estimate of drug-likeness (QED) is 0.150. The van der Waals surface area contributed by atoms with Gasteiger partial charge in [-0.3, -0.25) is 0 Å². The van der Waals surface area contributed by atoms with Crippen molar-refractivity contribution in [2.24, 2.45) is 0 Å².